The number of hydrogen-bond acceptors (Lipinski definition) is 2. The molecule has 23 heavy (non-hydrogen) atoms. The summed E-state index contributed by atoms with van der Waals surface area (Å²) in [7, 11) is 0. The number of likely N-dealkylation sites (tertiary alicyclic amines) is 1. The van der Waals surface area contributed by atoms with E-state index in [1.54, 1.807) is 6.07 Å². The molecular weight excluding hydrogens is 307 g/mol. The Kier molecular flexibility index (Phi) is 4.76. The van der Waals surface area contributed by atoms with Crippen molar-refractivity contribution in [1.29, 1.82) is 0 Å². The summed E-state index contributed by atoms with van der Waals surface area (Å²) in [5, 5.41) is 9.89. The van der Waals surface area contributed by atoms with Gasteiger partial charge in [-0.05, 0) is 29.5 Å². The summed E-state index contributed by atoms with van der Waals surface area (Å²) >= 11 is 0. The molecule has 1 aliphatic heterocycles. The highest BCUT2D eigenvalue weighted by molar-refractivity contribution is 5.77. The van der Waals surface area contributed by atoms with Gasteiger partial charge in [0, 0.05) is 13.0 Å². The van der Waals surface area contributed by atoms with Crippen molar-refractivity contribution in [3.05, 3.63) is 35.4 Å². The van der Waals surface area contributed by atoms with Crippen LogP contribution in [-0.2, 0) is 11.0 Å². The molecule has 0 spiro atoms. The Labute approximate surface area is 134 Å². The van der Waals surface area contributed by atoms with Crippen molar-refractivity contribution in [2.24, 2.45) is 5.41 Å². The lowest BCUT2D eigenvalue weighted by Gasteiger charge is -2.28. The number of carbonyl (C=O) groups is 1. The number of alkyl halides is 3. The number of nitrogens with zero attached hydrogens (tertiary/aromatic N) is 1. The highest BCUT2D eigenvalue weighted by atomic mass is 19.4. The van der Waals surface area contributed by atoms with E-state index in [4.69, 9.17) is 0 Å². The van der Waals surface area contributed by atoms with Crippen molar-refractivity contribution in [1.82, 2.24) is 4.90 Å². The van der Waals surface area contributed by atoms with Gasteiger partial charge in [-0.15, -0.1) is 0 Å². The first-order chi connectivity index (χ1) is 10.5. The van der Waals surface area contributed by atoms with Gasteiger partial charge >= 0.3 is 6.18 Å². The smallest absolute Gasteiger partial charge is 0.391 e. The van der Waals surface area contributed by atoms with Crippen molar-refractivity contribution in [3.63, 3.8) is 0 Å². The van der Waals surface area contributed by atoms with Crippen LogP contribution in [0.3, 0.4) is 0 Å². The van der Waals surface area contributed by atoms with Gasteiger partial charge in [0.05, 0.1) is 17.7 Å². The number of aliphatic hydroxyl groups excluding tert-OH is 1. The average Bonchev–Trinajstić information content (AvgIpc) is 2.78. The molecule has 3 nitrogen and oxygen atoms in total. The summed E-state index contributed by atoms with van der Waals surface area (Å²) in [4.78, 5) is 14.0. The molecule has 1 N–H and O–H groups in total. The SMILES string of the molecule is CC(C)(C)CC(=O)N1CC(O)CC1c1cccc(C(F)(F)F)c1. The van der Waals surface area contributed by atoms with Gasteiger partial charge in [-0.1, -0.05) is 32.9 Å². The molecule has 128 valence electrons. The first-order valence-electron chi connectivity index (χ1n) is 7.62. The maximum absolute atomic E-state index is 12.9. The third kappa shape index (κ3) is 4.47. The van der Waals surface area contributed by atoms with E-state index < -0.39 is 23.9 Å². The summed E-state index contributed by atoms with van der Waals surface area (Å²) in [5.41, 5.74) is -0.540. The number of benzene rings is 1. The fraction of sp³-hybridized carbons (Fsp3) is 0.588. The van der Waals surface area contributed by atoms with Crippen molar-refractivity contribution in [2.75, 3.05) is 6.54 Å². The predicted molar refractivity (Wildman–Crippen MR) is 80.6 cm³/mol. The second-order valence-electron chi connectivity index (χ2n) is 7.31. The van der Waals surface area contributed by atoms with Crippen LogP contribution in [0.1, 0.15) is 50.8 Å². The lowest BCUT2D eigenvalue weighted by molar-refractivity contribution is -0.137. The quantitative estimate of drug-likeness (QED) is 0.897. The lowest BCUT2D eigenvalue weighted by atomic mass is 9.91. The molecule has 1 saturated heterocycles. The number of amides is 1. The number of rotatable bonds is 2. The minimum atomic E-state index is -4.42. The van der Waals surface area contributed by atoms with Crippen LogP contribution in [0, 0.1) is 5.41 Å². The largest absolute Gasteiger partial charge is 0.416 e. The van der Waals surface area contributed by atoms with Gasteiger partial charge in [0.15, 0.2) is 0 Å². The summed E-state index contributed by atoms with van der Waals surface area (Å²) < 4.78 is 38.6. The van der Waals surface area contributed by atoms with Crippen molar-refractivity contribution in [3.8, 4) is 0 Å². The maximum Gasteiger partial charge on any atom is 0.416 e. The zero-order valence-electron chi connectivity index (χ0n) is 13.5. The van der Waals surface area contributed by atoms with E-state index in [9.17, 15) is 23.1 Å². The molecule has 0 bridgehead atoms. The molecule has 0 aliphatic carbocycles. The topological polar surface area (TPSA) is 40.5 Å². The molecule has 6 heteroatoms. The Morgan fingerprint density at radius 2 is 1.96 bits per heavy atom. The van der Waals surface area contributed by atoms with Crippen LogP contribution in [0.15, 0.2) is 24.3 Å². The van der Waals surface area contributed by atoms with Crippen molar-refractivity contribution in [2.45, 2.75) is 51.9 Å². The average molecular weight is 329 g/mol. The molecule has 0 aromatic heterocycles. The van der Waals surface area contributed by atoms with Crippen LogP contribution in [0.2, 0.25) is 0 Å². The Morgan fingerprint density at radius 3 is 2.52 bits per heavy atom. The molecule has 0 radical (unpaired) electrons. The normalized spacial score (nSPS) is 22.5. The van der Waals surface area contributed by atoms with Gasteiger partial charge < -0.3 is 10.0 Å². The van der Waals surface area contributed by atoms with Gasteiger partial charge in [-0.2, -0.15) is 13.2 Å². The maximum atomic E-state index is 12.9. The second-order valence-corrected chi connectivity index (χ2v) is 7.31. The monoisotopic (exact) mass is 329 g/mol. The van der Waals surface area contributed by atoms with E-state index >= 15 is 0 Å². The van der Waals surface area contributed by atoms with Crippen LogP contribution in [0.25, 0.3) is 0 Å². The van der Waals surface area contributed by atoms with E-state index in [0.717, 1.165) is 12.1 Å². The van der Waals surface area contributed by atoms with Crippen LogP contribution in [0.4, 0.5) is 13.2 Å². The number of halogens is 3. The Bertz CT molecular complexity index is 578. The fourth-order valence-corrected chi connectivity index (χ4v) is 2.88. The van der Waals surface area contributed by atoms with Gasteiger partial charge in [-0.3, -0.25) is 4.79 Å². The van der Waals surface area contributed by atoms with Gasteiger partial charge in [0.25, 0.3) is 0 Å². The van der Waals surface area contributed by atoms with Crippen LogP contribution in [0.5, 0.6) is 0 Å². The van der Waals surface area contributed by atoms with E-state index in [1.807, 2.05) is 20.8 Å². The van der Waals surface area contributed by atoms with Crippen molar-refractivity contribution >= 4 is 5.91 Å². The van der Waals surface area contributed by atoms with Gasteiger partial charge in [0.1, 0.15) is 0 Å². The van der Waals surface area contributed by atoms with Gasteiger partial charge in [-0.25, -0.2) is 0 Å². The highest BCUT2D eigenvalue weighted by Gasteiger charge is 2.38. The summed E-state index contributed by atoms with van der Waals surface area (Å²) in [6.45, 7) is 5.94. The van der Waals surface area contributed by atoms with E-state index in [0.29, 0.717) is 5.56 Å². The number of carbonyl (C=O) groups excluding carboxylic acids is 1. The third-order valence-corrected chi connectivity index (χ3v) is 3.88. The number of hydrogen-bond donors (Lipinski definition) is 1. The minimum absolute atomic E-state index is 0.142. The summed E-state index contributed by atoms with van der Waals surface area (Å²) in [6, 6.07) is 4.49. The molecule has 1 aromatic rings. The van der Waals surface area contributed by atoms with Gasteiger partial charge in [0.2, 0.25) is 5.91 Å². The molecule has 1 heterocycles. The lowest BCUT2D eigenvalue weighted by Crippen LogP contribution is -2.34. The standard InChI is InChI=1S/C17H22F3NO2/c1-16(2,3)9-15(23)21-10-13(22)8-14(21)11-5-4-6-12(7-11)17(18,19)20/h4-7,13-14,22H,8-10H2,1-3H3. The van der Waals surface area contributed by atoms with Crippen LogP contribution >= 0.6 is 0 Å². The van der Waals surface area contributed by atoms with Crippen molar-refractivity contribution < 1.29 is 23.1 Å². The molecule has 0 saturated carbocycles. The molecule has 2 rings (SSSR count). The summed E-state index contributed by atoms with van der Waals surface area (Å²) in [5.74, 6) is -0.142. The molecule has 1 aromatic carbocycles. The predicted octanol–water partition coefficient (Wildman–Crippen LogP) is 3.78. The first-order valence-corrected chi connectivity index (χ1v) is 7.62. The highest BCUT2D eigenvalue weighted by Crippen LogP contribution is 2.37. The fourth-order valence-electron chi connectivity index (χ4n) is 2.88. The van der Waals surface area contributed by atoms with Crippen LogP contribution in [-0.4, -0.2) is 28.6 Å². The molecule has 2 unspecified atom stereocenters. The van der Waals surface area contributed by atoms with E-state index in [-0.39, 0.29) is 30.7 Å². The van der Waals surface area contributed by atoms with E-state index in [1.165, 1.54) is 11.0 Å². The number of β-amino-alcohol motifs (C(OH)–C–C–N with tert-alkyl or cyclic N) is 1. The first kappa shape index (κ1) is 17.8. The minimum Gasteiger partial charge on any atom is -0.391 e. The van der Waals surface area contributed by atoms with Crippen LogP contribution < -0.4 is 0 Å². The summed E-state index contributed by atoms with van der Waals surface area (Å²) in [6.07, 6.45) is -4.58. The third-order valence-electron chi connectivity index (χ3n) is 3.88. The Hall–Kier alpha value is -1.56. The molecule has 1 fully saturated rings. The Morgan fingerprint density at radius 1 is 1.30 bits per heavy atom. The Balaban J connectivity index is 2.28. The van der Waals surface area contributed by atoms with E-state index in [2.05, 4.69) is 0 Å². The molecule has 1 aliphatic rings. The number of aliphatic hydroxyl groups is 1. The molecule has 1 amide bonds. The molecule has 2 atom stereocenters. The second kappa shape index (κ2) is 6.15. The molecular formula is C17H22F3NO2. The zero-order valence-corrected chi connectivity index (χ0v) is 13.5. The zero-order chi connectivity index (χ0) is 17.4.